The third kappa shape index (κ3) is 4.54. The molecule has 0 bridgehead atoms. The Balaban J connectivity index is 1.52. The van der Waals surface area contributed by atoms with Crippen LogP contribution in [-0.4, -0.2) is 53.5 Å². The summed E-state index contributed by atoms with van der Waals surface area (Å²) in [7, 11) is 0. The highest BCUT2D eigenvalue weighted by Gasteiger charge is 2.25. The van der Waals surface area contributed by atoms with E-state index in [9.17, 15) is 4.79 Å². The second-order valence-electron chi connectivity index (χ2n) is 8.62. The van der Waals surface area contributed by atoms with Crippen LogP contribution in [0.4, 0.5) is 5.82 Å². The Morgan fingerprint density at radius 2 is 1.84 bits per heavy atom. The van der Waals surface area contributed by atoms with E-state index in [-0.39, 0.29) is 5.91 Å². The Morgan fingerprint density at radius 3 is 2.69 bits per heavy atom. The fourth-order valence-corrected chi connectivity index (χ4v) is 6.02. The fraction of sp³-hybridized carbons (Fsp3) is 0.400. The number of carbonyl (C=O) groups excluding carboxylic acids is 1. The van der Waals surface area contributed by atoms with E-state index in [4.69, 9.17) is 15.7 Å². The summed E-state index contributed by atoms with van der Waals surface area (Å²) in [6.07, 6.45) is 9.85. The van der Waals surface area contributed by atoms with Gasteiger partial charge in [-0.15, -0.1) is 11.3 Å². The first-order valence-corrected chi connectivity index (χ1v) is 12.3. The topological polar surface area (TPSA) is 75.4 Å². The molecule has 32 heavy (non-hydrogen) atoms. The molecule has 3 aromatic rings. The van der Waals surface area contributed by atoms with Crippen molar-refractivity contribution in [2.45, 2.75) is 32.1 Å². The van der Waals surface area contributed by atoms with Gasteiger partial charge in [-0.25, -0.2) is 9.97 Å². The van der Waals surface area contributed by atoms with Crippen LogP contribution in [-0.2, 0) is 17.6 Å². The molecular weight excluding hydrogens is 418 g/mol. The zero-order chi connectivity index (χ0) is 21.9. The first kappa shape index (κ1) is 21.1. The third-order valence-corrected chi connectivity index (χ3v) is 7.49. The van der Waals surface area contributed by atoms with Gasteiger partial charge in [-0.3, -0.25) is 9.69 Å². The molecule has 1 aliphatic carbocycles. The molecule has 1 fully saturated rings. The van der Waals surface area contributed by atoms with Crippen LogP contribution in [0.3, 0.4) is 0 Å². The molecule has 7 heteroatoms. The average Bonchev–Trinajstić information content (AvgIpc) is 3.02. The second kappa shape index (κ2) is 9.38. The smallest absolute Gasteiger partial charge is 0.231 e. The largest absolute Gasteiger partial charge is 0.369 e. The lowest BCUT2D eigenvalue weighted by molar-refractivity contribution is -0.119. The molecule has 1 aromatic carbocycles. The van der Waals surface area contributed by atoms with Crippen molar-refractivity contribution in [3.8, 4) is 0 Å². The highest BCUT2D eigenvalue weighted by Crippen LogP contribution is 2.40. The fourth-order valence-electron chi connectivity index (χ4n) is 4.75. The first-order valence-electron chi connectivity index (χ1n) is 11.5. The summed E-state index contributed by atoms with van der Waals surface area (Å²) in [5.74, 6) is 1.55. The molecule has 1 aliphatic heterocycles. The van der Waals surface area contributed by atoms with Gasteiger partial charge in [-0.05, 0) is 49.3 Å². The number of aryl methyl sites for hydroxylation is 2. The summed E-state index contributed by atoms with van der Waals surface area (Å²) in [6.45, 7) is 3.79. The van der Waals surface area contributed by atoms with E-state index in [1.807, 2.05) is 35.6 Å². The summed E-state index contributed by atoms with van der Waals surface area (Å²) in [6, 6.07) is 10.3. The van der Waals surface area contributed by atoms with E-state index in [1.54, 1.807) is 0 Å². The van der Waals surface area contributed by atoms with Gasteiger partial charge >= 0.3 is 0 Å². The van der Waals surface area contributed by atoms with E-state index < -0.39 is 0 Å². The van der Waals surface area contributed by atoms with Gasteiger partial charge in [0.25, 0.3) is 0 Å². The Labute approximate surface area is 192 Å². The van der Waals surface area contributed by atoms with Crippen molar-refractivity contribution in [1.29, 1.82) is 0 Å². The maximum Gasteiger partial charge on any atom is 0.231 e. The van der Waals surface area contributed by atoms with Crippen LogP contribution in [0.1, 0.15) is 41.1 Å². The molecule has 1 amide bonds. The molecule has 6 nitrogen and oxygen atoms in total. The van der Waals surface area contributed by atoms with Gasteiger partial charge in [-0.1, -0.05) is 36.4 Å². The van der Waals surface area contributed by atoms with Crippen LogP contribution in [0.25, 0.3) is 22.4 Å². The van der Waals surface area contributed by atoms with Gasteiger partial charge in [-0.2, -0.15) is 0 Å². The van der Waals surface area contributed by atoms with Crippen LogP contribution in [0.5, 0.6) is 0 Å². The number of fused-ring (bicyclic) bond motifs is 3. The lowest BCUT2D eigenvalue weighted by atomic mass is 9.97. The summed E-state index contributed by atoms with van der Waals surface area (Å²) in [5, 5.41) is 1.25. The van der Waals surface area contributed by atoms with E-state index in [0.717, 1.165) is 67.5 Å². The Hall–Kier alpha value is -2.77. The number of hydrogen-bond donors (Lipinski definition) is 1. The minimum atomic E-state index is -0.261. The van der Waals surface area contributed by atoms with Gasteiger partial charge < -0.3 is 10.6 Å². The quantitative estimate of drug-likeness (QED) is 0.645. The van der Waals surface area contributed by atoms with Gasteiger partial charge in [0.05, 0.1) is 11.9 Å². The number of thiophene rings is 1. The highest BCUT2D eigenvalue weighted by atomic mass is 32.1. The van der Waals surface area contributed by atoms with Crippen LogP contribution in [0, 0.1) is 0 Å². The molecule has 2 aromatic heterocycles. The molecule has 2 aliphatic rings. The zero-order valence-electron chi connectivity index (χ0n) is 18.3. The summed E-state index contributed by atoms with van der Waals surface area (Å²) >= 11 is 1.84. The molecule has 166 valence electrons. The molecule has 3 heterocycles. The van der Waals surface area contributed by atoms with Gasteiger partial charge in [0.2, 0.25) is 5.91 Å². The van der Waals surface area contributed by atoms with Crippen LogP contribution < -0.4 is 10.6 Å². The van der Waals surface area contributed by atoms with Crippen molar-refractivity contribution in [1.82, 2.24) is 14.9 Å². The van der Waals surface area contributed by atoms with E-state index in [0.29, 0.717) is 6.54 Å². The van der Waals surface area contributed by atoms with Crippen LogP contribution >= 0.6 is 11.3 Å². The van der Waals surface area contributed by atoms with Crippen molar-refractivity contribution in [2.75, 3.05) is 37.6 Å². The summed E-state index contributed by atoms with van der Waals surface area (Å²) in [5.41, 5.74) is 8.04. The number of primary amides is 1. The van der Waals surface area contributed by atoms with E-state index in [1.165, 1.54) is 28.7 Å². The Kier molecular flexibility index (Phi) is 6.19. The van der Waals surface area contributed by atoms with Gasteiger partial charge in [0.1, 0.15) is 10.6 Å². The molecular formula is C25H29N5OS. The number of aromatic nitrogens is 2. The summed E-state index contributed by atoms with van der Waals surface area (Å²) in [4.78, 5) is 28.6. The number of benzene rings is 1. The van der Waals surface area contributed by atoms with Gasteiger partial charge in [0.15, 0.2) is 5.82 Å². The number of nitrogens with zero attached hydrogens (tertiary/aromatic N) is 4. The summed E-state index contributed by atoms with van der Waals surface area (Å²) < 4.78 is 0. The first-order chi connectivity index (χ1) is 15.7. The number of nitrogens with two attached hydrogens (primary N) is 1. The molecule has 0 atom stereocenters. The van der Waals surface area contributed by atoms with Crippen molar-refractivity contribution in [3.63, 3.8) is 0 Å². The Bertz CT molecular complexity index is 1140. The van der Waals surface area contributed by atoms with E-state index in [2.05, 4.69) is 28.0 Å². The maximum atomic E-state index is 11.4. The highest BCUT2D eigenvalue weighted by molar-refractivity contribution is 7.19. The predicted octanol–water partition coefficient (Wildman–Crippen LogP) is 3.74. The standard InChI is InChI=1S/C25H29N5OS/c26-21(31)17-29-13-6-14-30(16-15-29)24-23-19-9-4-5-10-20(19)32-25(23)28-22(27-24)12-11-18-7-2-1-3-8-18/h1-3,7-8,11-12H,4-6,9-10,13-17H2,(H2,26,31)/b12-11+. The molecule has 0 spiro atoms. The van der Waals surface area contributed by atoms with Crippen molar-refractivity contribution < 1.29 is 4.79 Å². The normalized spacial score (nSPS) is 17.6. The maximum absolute atomic E-state index is 11.4. The molecule has 0 saturated carbocycles. The number of anilines is 1. The number of hydrogen-bond acceptors (Lipinski definition) is 6. The minimum absolute atomic E-state index is 0.261. The molecule has 0 unspecified atom stereocenters. The minimum Gasteiger partial charge on any atom is -0.369 e. The molecule has 2 N–H and O–H groups in total. The third-order valence-electron chi connectivity index (χ3n) is 6.30. The molecule has 1 saturated heterocycles. The number of carbonyl (C=O) groups is 1. The predicted molar refractivity (Wildman–Crippen MR) is 132 cm³/mol. The number of rotatable bonds is 5. The van der Waals surface area contributed by atoms with Gasteiger partial charge in [0, 0.05) is 31.1 Å². The van der Waals surface area contributed by atoms with Crippen LogP contribution in [0.2, 0.25) is 0 Å². The SMILES string of the molecule is NC(=O)CN1CCCN(c2nc(/C=C/c3ccccc3)nc3sc4c(c23)CCCC4)CC1. The molecule has 5 rings (SSSR count). The second-order valence-corrected chi connectivity index (χ2v) is 9.71. The lowest BCUT2D eigenvalue weighted by Crippen LogP contribution is -2.37. The monoisotopic (exact) mass is 447 g/mol. The van der Waals surface area contributed by atoms with Crippen molar-refractivity contribution in [2.24, 2.45) is 5.73 Å². The van der Waals surface area contributed by atoms with E-state index >= 15 is 0 Å². The number of amides is 1. The zero-order valence-corrected chi connectivity index (χ0v) is 19.1. The van der Waals surface area contributed by atoms with Crippen molar-refractivity contribution in [3.05, 3.63) is 52.2 Å². The molecule has 0 radical (unpaired) electrons. The van der Waals surface area contributed by atoms with Crippen LogP contribution in [0.15, 0.2) is 30.3 Å². The lowest BCUT2D eigenvalue weighted by Gasteiger charge is -2.24. The average molecular weight is 448 g/mol. The van der Waals surface area contributed by atoms with Crippen molar-refractivity contribution >= 4 is 45.4 Å². The Morgan fingerprint density at radius 1 is 1.00 bits per heavy atom.